The number of ether oxygens (including phenoxy) is 1. The van der Waals surface area contributed by atoms with Crippen LogP contribution in [0, 0.1) is 17.8 Å². The summed E-state index contributed by atoms with van der Waals surface area (Å²) in [4.78, 5) is 0. The Morgan fingerprint density at radius 1 is 1.20 bits per heavy atom. The molecule has 1 aliphatic heterocycles. The molecule has 2 nitrogen and oxygen atoms in total. The lowest BCUT2D eigenvalue weighted by atomic mass is 9.76. The van der Waals surface area contributed by atoms with Crippen molar-refractivity contribution in [3.05, 3.63) is 0 Å². The molecule has 5 atom stereocenters. The number of hydrogen-bond donors (Lipinski definition) is 1. The van der Waals surface area contributed by atoms with Crippen LogP contribution in [0.15, 0.2) is 0 Å². The first-order valence-electron chi connectivity index (χ1n) is 6.55. The summed E-state index contributed by atoms with van der Waals surface area (Å²) in [5, 5.41) is 0. The average Bonchev–Trinajstić information content (AvgIpc) is 2.63. The van der Waals surface area contributed by atoms with Gasteiger partial charge in [0.25, 0.3) is 0 Å². The SMILES string of the molecule is CC1CCCC(C(N)C2OCCC2C)C1. The fourth-order valence-corrected chi connectivity index (χ4v) is 3.31. The second kappa shape index (κ2) is 4.84. The van der Waals surface area contributed by atoms with Crippen molar-refractivity contribution < 1.29 is 4.74 Å². The molecule has 1 aliphatic carbocycles. The Kier molecular flexibility index (Phi) is 3.68. The third kappa shape index (κ3) is 2.54. The summed E-state index contributed by atoms with van der Waals surface area (Å²) in [6, 6.07) is 0.283. The third-order valence-electron chi connectivity index (χ3n) is 4.34. The Morgan fingerprint density at radius 3 is 2.60 bits per heavy atom. The minimum Gasteiger partial charge on any atom is -0.376 e. The Morgan fingerprint density at radius 2 is 2.00 bits per heavy atom. The zero-order valence-corrected chi connectivity index (χ0v) is 10.1. The highest BCUT2D eigenvalue weighted by atomic mass is 16.5. The fourth-order valence-electron chi connectivity index (χ4n) is 3.31. The van der Waals surface area contributed by atoms with Gasteiger partial charge in [-0.3, -0.25) is 0 Å². The van der Waals surface area contributed by atoms with Crippen molar-refractivity contribution in [3.8, 4) is 0 Å². The monoisotopic (exact) mass is 211 g/mol. The average molecular weight is 211 g/mol. The summed E-state index contributed by atoms with van der Waals surface area (Å²) in [6.45, 7) is 5.56. The van der Waals surface area contributed by atoms with Crippen LogP contribution in [0.5, 0.6) is 0 Å². The van der Waals surface area contributed by atoms with E-state index in [4.69, 9.17) is 10.5 Å². The van der Waals surface area contributed by atoms with Crippen LogP contribution in [0.25, 0.3) is 0 Å². The van der Waals surface area contributed by atoms with Crippen LogP contribution < -0.4 is 5.73 Å². The van der Waals surface area contributed by atoms with Gasteiger partial charge in [0.15, 0.2) is 0 Å². The molecular weight excluding hydrogens is 186 g/mol. The molecule has 0 bridgehead atoms. The van der Waals surface area contributed by atoms with Crippen LogP contribution in [0.3, 0.4) is 0 Å². The quantitative estimate of drug-likeness (QED) is 0.762. The Labute approximate surface area is 93.6 Å². The van der Waals surface area contributed by atoms with Gasteiger partial charge in [-0.05, 0) is 37.0 Å². The van der Waals surface area contributed by atoms with Gasteiger partial charge < -0.3 is 10.5 Å². The molecule has 0 aromatic heterocycles. The second-order valence-corrected chi connectivity index (χ2v) is 5.71. The molecule has 0 radical (unpaired) electrons. The standard InChI is InChI=1S/C13H25NO/c1-9-4-3-5-11(8-9)12(14)13-10(2)6-7-15-13/h9-13H,3-8,14H2,1-2H3. The van der Waals surface area contributed by atoms with E-state index < -0.39 is 0 Å². The van der Waals surface area contributed by atoms with Gasteiger partial charge in [0.1, 0.15) is 0 Å². The van der Waals surface area contributed by atoms with Crippen LogP contribution in [0.4, 0.5) is 0 Å². The van der Waals surface area contributed by atoms with E-state index in [-0.39, 0.29) is 6.04 Å². The Balaban J connectivity index is 1.91. The first-order chi connectivity index (χ1) is 7.18. The molecule has 0 aromatic carbocycles. The molecule has 88 valence electrons. The van der Waals surface area contributed by atoms with Gasteiger partial charge in [-0.25, -0.2) is 0 Å². The van der Waals surface area contributed by atoms with E-state index >= 15 is 0 Å². The lowest BCUT2D eigenvalue weighted by Crippen LogP contribution is -2.45. The van der Waals surface area contributed by atoms with E-state index in [1.165, 1.54) is 32.1 Å². The van der Waals surface area contributed by atoms with Gasteiger partial charge in [-0.15, -0.1) is 0 Å². The smallest absolute Gasteiger partial charge is 0.0754 e. The van der Waals surface area contributed by atoms with Crippen molar-refractivity contribution in [2.45, 2.75) is 58.1 Å². The molecule has 2 fully saturated rings. The van der Waals surface area contributed by atoms with Gasteiger partial charge in [-0.2, -0.15) is 0 Å². The second-order valence-electron chi connectivity index (χ2n) is 5.71. The predicted octanol–water partition coefficient (Wildman–Crippen LogP) is 2.57. The highest BCUT2D eigenvalue weighted by Crippen LogP contribution is 2.34. The Bertz CT molecular complexity index is 207. The minimum atomic E-state index is 0.283. The maximum absolute atomic E-state index is 6.38. The molecule has 2 N–H and O–H groups in total. The van der Waals surface area contributed by atoms with Crippen LogP contribution in [0.1, 0.15) is 46.0 Å². The van der Waals surface area contributed by atoms with Crippen molar-refractivity contribution in [1.29, 1.82) is 0 Å². The van der Waals surface area contributed by atoms with E-state index in [1.807, 2.05) is 0 Å². The number of nitrogens with two attached hydrogens (primary N) is 1. The maximum Gasteiger partial charge on any atom is 0.0754 e. The molecule has 2 aliphatic rings. The predicted molar refractivity (Wildman–Crippen MR) is 62.6 cm³/mol. The molecule has 0 spiro atoms. The lowest BCUT2D eigenvalue weighted by Gasteiger charge is -2.35. The van der Waals surface area contributed by atoms with Gasteiger partial charge in [0.05, 0.1) is 6.10 Å². The van der Waals surface area contributed by atoms with Crippen LogP contribution in [-0.4, -0.2) is 18.8 Å². The normalized spacial score (nSPS) is 44.2. The molecule has 1 heterocycles. The summed E-state index contributed by atoms with van der Waals surface area (Å²) < 4.78 is 5.79. The van der Waals surface area contributed by atoms with Crippen molar-refractivity contribution in [2.75, 3.05) is 6.61 Å². The van der Waals surface area contributed by atoms with Gasteiger partial charge in [0, 0.05) is 12.6 Å². The molecule has 15 heavy (non-hydrogen) atoms. The van der Waals surface area contributed by atoms with Crippen molar-refractivity contribution in [1.82, 2.24) is 0 Å². The van der Waals surface area contributed by atoms with Crippen molar-refractivity contribution in [3.63, 3.8) is 0 Å². The number of rotatable bonds is 2. The summed E-state index contributed by atoms with van der Waals surface area (Å²) in [6.07, 6.45) is 6.91. The van der Waals surface area contributed by atoms with Gasteiger partial charge in [0.2, 0.25) is 0 Å². The van der Waals surface area contributed by atoms with E-state index in [1.54, 1.807) is 0 Å². The summed E-state index contributed by atoms with van der Waals surface area (Å²) in [7, 11) is 0. The van der Waals surface area contributed by atoms with Gasteiger partial charge in [-0.1, -0.05) is 26.7 Å². The molecule has 1 saturated carbocycles. The van der Waals surface area contributed by atoms with Crippen molar-refractivity contribution >= 4 is 0 Å². The highest BCUT2D eigenvalue weighted by molar-refractivity contribution is 4.89. The zero-order valence-electron chi connectivity index (χ0n) is 10.1. The maximum atomic E-state index is 6.38. The minimum absolute atomic E-state index is 0.283. The summed E-state index contributed by atoms with van der Waals surface area (Å²) in [5.41, 5.74) is 6.38. The zero-order chi connectivity index (χ0) is 10.8. The van der Waals surface area contributed by atoms with E-state index in [0.717, 1.165) is 12.5 Å². The molecule has 0 aromatic rings. The van der Waals surface area contributed by atoms with Crippen LogP contribution >= 0.6 is 0 Å². The van der Waals surface area contributed by atoms with Crippen LogP contribution in [0.2, 0.25) is 0 Å². The first-order valence-corrected chi connectivity index (χ1v) is 6.55. The largest absolute Gasteiger partial charge is 0.376 e. The molecule has 2 heteroatoms. The van der Waals surface area contributed by atoms with E-state index in [2.05, 4.69) is 13.8 Å². The van der Waals surface area contributed by atoms with Gasteiger partial charge >= 0.3 is 0 Å². The fraction of sp³-hybridized carbons (Fsp3) is 1.00. The van der Waals surface area contributed by atoms with E-state index in [0.29, 0.717) is 17.9 Å². The Hall–Kier alpha value is -0.0800. The molecule has 2 rings (SSSR count). The first kappa shape index (κ1) is 11.4. The third-order valence-corrected chi connectivity index (χ3v) is 4.34. The summed E-state index contributed by atoms with van der Waals surface area (Å²) in [5.74, 6) is 2.24. The molecule has 0 amide bonds. The van der Waals surface area contributed by atoms with Crippen molar-refractivity contribution in [2.24, 2.45) is 23.5 Å². The lowest BCUT2D eigenvalue weighted by molar-refractivity contribution is 0.0433. The topological polar surface area (TPSA) is 35.2 Å². The summed E-state index contributed by atoms with van der Waals surface area (Å²) >= 11 is 0. The van der Waals surface area contributed by atoms with E-state index in [9.17, 15) is 0 Å². The molecule has 1 saturated heterocycles. The molecular formula is C13H25NO. The molecule has 5 unspecified atom stereocenters. The highest BCUT2D eigenvalue weighted by Gasteiger charge is 2.35. The number of hydrogen-bond acceptors (Lipinski definition) is 2. The van der Waals surface area contributed by atoms with Crippen LogP contribution in [-0.2, 0) is 4.74 Å².